The van der Waals surface area contributed by atoms with Gasteiger partial charge in [0.2, 0.25) is 5.91 Å². The third-order valence-corrected chi connectivity index (χ3v) is 7.70. The smallest absolute Gasteiger partial charge is 0.261 e. The average Bonchev–Trinajstić information content (AvgIpc) is 2.91. The number of piperidine rings is 1. The van der Waals surface area contributed by atoms with Crippen LogP contribution in [0, 0.1) is 0 Å². The summed E-state index contributed by atoms with van der Waals surface area (Å²) >= 11 is 12.1. The molecule has 0 saturated carbocycles. The van der Waals surface area contributed by atoms with Gasteiger partial charge in [0.25, 0.3) is 11.5 Å². The number of aromatic nitrogens is 2. The van der Waals surface area contributed by atoms with E-state index in [0.717, 1.165) is 24.0 Å². The maximum atomic E-state index is 13.3. The van der Waals surface area contributed by atoms with Gasteiger partial charge >= 0.3 is 0 Å². The Hall–Kier alpha value is -2.94. The minimum atomic E-state index is -0.451. The van der Waals surface area contributed by atoms with Crippen LogP contribution in [-0.2, 0) is 27.4 Å². The number of likely N-dealkylation sites (tertiary alicyclic amines) is 1. The van der Waals surface area contributed by atoms with E-state index in [0.29, 0.717) is 40.6 Å². The minimum absolute atomic E-state index is 0.000317. The zero-order chi connectivity index (χ0) is 26.7. The number of halogens is 2. The summed E-state index contributed by atoms with van der Waals surface area (Å²) in [6.45, 7) is 3.26. The van der Waals surface area contributed by atoms with Gasteiger partial charge in [-0.2, -0.15) is 0 Å². The lowest BCUT2D eigenvalue weighted by Gasteiger charge is -2.33. The third kappa shape index (κ3) is 6.14. The number of benzene rings is 2. The average molecular weight is 545 g/mol. The van der Waals surface area contributed by atoms with Crippen molar-refractivity contribution >= 4 is 45.9 Å². The standard InChI is InChI=1S/C27H30Cl2N4O4/c1-17(37-3)26(35)32-10-8-19(9-11-32)20-5-7-24-21(13-20)27(36)33(16-30-24)15-25(34)31(2)14-18-4-6-22(28)23(29)12-18/h4-7,12-13,16-17,19H,8-11,14-15H2,1-3H3. The van der Waals surface area contributed by atoms with Crippen LogP contribution < -0.4 is 5.56 Å². The predicted octanol–water partition coefficient (Wildman–Crippen LogP) is 4.10. The van der Waals surface area contributed by atoms with Gasteiger partial charge in [-0.25, -0.2) is 4.98 Å². The molecule has 196 valence electrons. The van der Waals surface area contributed by atoms with Crippen molar-refractivity contribution in [3.05, 3.63) is 74.3 Å². The molecule has 2 heterocycles. The number of hydrogen-bond donors (Lipinski definition) is 0. The summed E-state index contributed by atoms with van der Waals surface area (Å²) in [5.41, 5.74) is 2.20. The molecule has 2 amide bonds. The first-order valence-electron chi connectivity index (χ1n) is 12.2. The number of methoxy groups -OCH3 is 1. The predicted molar refractivity (Wildman–Crippen MR) is 144 cm³/mol. The summed E-state index contributed by atoms with van der Waals surface area (Å²) in [4.78, 5) is 46.3. The zero-order valence-corrected chi connectivity index (χ0v) is 22.6. The van der Waals surface area contributed by atoms with Gasteiger partial charge in [-0.3, -0.25) is 19.0 Å². The van der Waals surface area contributed by atoms with Gasteiger partial charge in [0.05, 0.1) is 27.3 Å². The number of ether oxygens (including phenoxy) is 1. The van der Waals surface area contributed by atoms with E-state index in [1.54, 1.807) is 26.1 Å². The van der Waals surface area contributed by atoms with Gasteiger partial charge in [0, 0.05) is 33.8 Å². The molecule has 0 spiro atoms. The zero-order valence-electron chi connectivity index (χ0n) is 21.1. The van der Waals surface area contributed by atoms with Crippen LogP contribution in [0.4, 0.5) is 0 Å². The molecule has 0 aliphatic carbocycles. The first-order chi connectivity index (χ1) is 17.7. The van der Waals surface area contributed by atoms with E-state index in [1.165, 1.54) is 22.9 Å². The van der Waals surface area contributed by atoms with Crippen LogP contribution in [0.1, 0.15) is 36.8 Å². The van der Waals surface area contributed by atoms with Gasteiger partial charge in [0.15, 0.2) is 0 Å². The van der Waals surface area contributed by atoms with Crippen molar-refractivity contribution in [3.63, 3.8) is 0 Å². The van der Waals surface area contributed by atoms with Crippen molar-refractivity contribution in [3.8, 4) is 0 Å². The van der Waals surface area contributed by atoms with Crippen molar-refractivity contribution in [1.82, 2.24) is 19.4 Å². The Morgan fingerprint density at radius 3 is 2.54 bits per heavy atom. The molecule has 1 aliphatic rings. The van der Waals surface area contributed by atoms with Crippen LogP contribution in [-0.4, -0.2) is 64.5 Å². The second kappa shape index (κ2) is 11.6. The molecule has 1 unspecified atom stereocenters. The quantitative estimate of drug-likeness (QED) is 0.447. The van der Waals surface area contributed by atoms with Crippen molar-refractivity contribution in [2.24, 2.45) is 0 Å². The van der Waals surface area contributed by atoms with Crippen LogP contribution >= 0.6 is 23.2 Å². The molecule has 1 fully saturated rings. The fraction of sp³-hybridized carbons (Fsp3) is 0.407. The van der Waals surface area contributed by atoms with Gasteiger partial charge in [-0.15, -0.1) is 0 Å². The molecule has 2 aromatic carbocycles. The van der Waals surface area contributed by atoms with E-state index in [4.69, 9.17) is 27.9 Å². The van der Waals surface area contributed by atoms with Crippen LogP contribution in [0.15, 0.2) is 47.5 Å². The first-order valence-corrected chi connectivity index (χ1v) is 12.9. The van der Waals surface area contributed by atoms with Gasteiger partial charge in [0.1, 0.15) is 12.6 Å². The summed E-state index contributed by atoms with van der Waals surface area (Å²) in [6.07, 6.45) is 2.57. The fourth-order valence-electron chi connectivity index (χ4n) is 4.60. The second-order valence-corrected chi connectivity index (χ2v) is 10.2. The summed E-state index contributed by atoms with van der Waals surface area (Å²) in [6, 6.07) is 10.9. The fourth-order valence-corrected chi connectivity index (χ4v) is 4.92. The molecule has 0 bridgehead atoms. The number of nitrogens with zero attached hydrogens (tertiary/aromatic N) is 4. The maximum Gasteiger partial charge on any atom is 0.261 e. The molecule has 37 heavy (non-hydrogen) atoms. The number of carbonyl (C=O) groups is 2. The Labute approximate surface area is 225 Å². The normalized spacial score (nSPS) is 15.1. The number of likely N-dealkylation sites (N-methyl/N-ethyl adjacent to an activating group) is 1. The number of amides is 2. The van der Waals surface area contributed by atoms with Crippen molar-refractivity contribution in [2.45, 2.75) is 44.9 Å². The van der Waals surface area contributed by atoms with E-state index >= 15 is 0 Å². The van der Waals surface area contributed by atoms with Crippen molar-refractivity contribution in [2.75, 3.05) is 27.2 Å². The van der Waals surface area contributed by atoms with Gasteiger partial charge < -0.3 is 14.5 Å². The molecule has 8 nitrogen and oxygen atoms in total. The maximum absolute atomic E-state index is 13.3. The van der Waals surface area contributed by atoms with Crippen molar-refractivity contribution in [1.29, 1.82) is 0 Å². The Balaban J connectivity index is 1.46. The van der Waals surface area contributed by atoms with E-state index in [2.05, 4.69) is 4.98 Å². The number of hydrogen-bond acceptors (Lipinski definition) is 5. The highest BCUT2D eigenvalue weighted by Gasteiger charge is 2.27. The summed E-state index contributed by atoms with van der Waals surface area (Å²) in [7, 11) is 3.21. The minimum Gasteiger partial charge on any atom is -0.372 e. The van der Waals surface area contributed by atoms with E-state index in [9.17, 15) is 14.4 Å². The largest absolute Gasteiger partial charge is 0.372 e. The van der Waals surface area contributed by atoms with Crippen molar-refractivity contribution < 1.29 is 14.3 Å². The highest BCUT2D eigenvalue weighted by Crippen LogP contribution is 2.29. The molecule has 1 saturated heterocycles. The lowest BCUT2D eigenvalue weighted by molar-refractivity contribution is -0.142. The lowest BCUT2D eigenvalue weighted by atomic mass is 9.88. The second-order valence-electron chi connectivity index (χ2n) is 9.43. The summed E-state index contributed by atoms with van der Waals surface area (Å²) in [5, 5.41) is 1.35. The van der Waals surface area contributed by atoms with Crippen LogP contribution in [0.5, 0.6) is 0 Å². The molecular weight excluding hydrogens is 515 g/mol. The Morgan fingerprint density at radius 2 is 1.86 bits per heavy atom. The number of fused-ring (bicyclic) bond motifs is 1. The van der Waals surface area contributed by atoms with Crippen LogP contribution in [0.2, 0.25) is 10.0 Å². The summed E-state index contributed by atoms with van der Waals surface area (Å²) in [5.74, 6) is 0.00599. The molecular formula is C27H30Cl2N4O4. The molecule has 10 heteroatoms. The van der Waals surface area contributed by atoms with E-state index in [-0.39, 0.29) is 29.8 Å². The lowest BCUT2D eigenvalue weighted by Crippen LogP contribution is -2.43. The molecule has 3 aromatic rings. The van der Waals surface area contributed by atoms with Crippen LogP contribution in [0.25, 0.3) is 10.9 Å². The van der Waals surface area contributed by atoms with Crippen LogP contribution in [0.3, 0.4) is 0 Å². The SMILES string of the molecule is COC(C)C(=O)N1CCC(c2ccc3ncn(CC(=O)N(C)Cc4ccc(Cl)c(Cl)c4)c(=O)c3c2)CC1. The molecule has 1 aromatic heterocycles. The molecule has 0 radical (unpaired) electrons. The topological polar surface area (TPSA) is 84.7 Å². The monoisotopic (exact) mass is 544 g/mol. The Morgan fingerprint density at radius 1 is 1.14 bits per heavy atom. The number of carbonyl (C=O) groups excluding carboxylic acids is 2. The highest BCUT2D eigenvalue weighted by atomic mass is 35.5. The third-order valence-electron chi connectivity index (χ3n) is 6.96. The van der Waals surface area contributed by atoms with E-state index < -0.39 is 6.10 Å². The first kappa shape index (κ1) is 27.1. The van der Waals surface area contributed by atoms with Gasteiger partial charge in [-0.05, 0) is 61.1 Å². The number of rotatable bonds is 7. The molecule has 0 N–H and O–H groups in total. The molecule has 1 atom stereocenters. The van der Waals surface area contributed by atoms with E-state index in [1.807, 2.05) is 29.2 Å². The van der Waals surface area contributed by atoms with Gasteiger partial charge in [-0.1, -0.05) is 35.3 Å². The molecule has 1 aliphatic heterocycles. The summed E-state index contributed by atoms with van der Waals surface area (Å²) < 4.78 is 6.50. The Kier molecular flexibility index (Phi) is 8.52. The Bertz CT molecular complexity index is 1370. The highest BCUT2D eigenvalue weighted by molar-refractivity contribution is 6.42. The molecule has 4 rings (SSSR count).